The van der Waals surface area contributed by atoms with Crippen molar-refractivity contribution in [3.05, 3.63) is 80.7 Å². The van der Waals surface area contributed by atoms with E-state index in [2.05, 4.69) is 0 Å². The molecule has 0 atom stereocenters. The summed E-state index contributed by atoms with van der Waals surface area (Å²) in [4.78, 5) is 32.0. The molecule has 0 aliphatic rings. The highest BCUT2D eigenvalue weighted by Crippen LogP contribution is 2.36. The van der Waals surface area contributed by atoms with E-state index in [0.717, 1.165) is 32.1 Å². The van der Waals surface area contributed by atoms with Crippen molar-refractivity contribution in [1.29, 1.82) is 0 Å². The van der Waals surface area contributed by atoms with Gasteiger partial charge in [-0.2, -0.15) is 0 Å². The van der Waals surface area contributed by atoms with Crippen LogP contribution < -0.4 is 10.3 Å². The number of benzene rings is 2. The van der Waals surface area contributed by atoms with E-state index in [1.165, 1.54) is 18.4 Å². The summed E-state index contributed by atoms with van der Waals surface area (Å²) in [6.45, 7) is 6.70. The van der Waals surface area contributed by atoms with Crippen molar-refractivity contribution < 1.29 is 14.3 Å². The van der Waals surface area contributed by atoms with Crippen molar-refractivity contribution in [2.75, 3.05) is 13.7 Å². The maximum atomic E-state index is 13.6. The minimum Gasteiger partial charge on any atom is -0.494 e. The molecule has 2 heterocycles. The number of ether oxygens (including phenoxy) is 2. The van der Waals surface area contributed by atoms with Crippen LogP contribution in [-0.2, 0) is 11.3 Å². The number of aryl methyl sites for hydroxylation is 2. The lowest BCUT2D eigenvalue weighted by atomic mass is 10.0. The molecule has 0 radical (unpaired) electrons. The smallest absolute Gasteiger partial charge is 0.337 e. The number of esters is 1. The van der Waals surface area contributed by atoms with Gasteiger partial charge in [0.15, 0.2) is 0 Å². The Morgan fingerprint density at radius 1 is 1.12 bits per heavy atom. The number of hydrogen-bond acceptors (Lipinski definition) is 6. The first-order valence-corrected chi connectivity index (χ1v) is 11.2. The second-order valence-corrected chi connectivity index (χ2v) is 8.62. The molecule has 0 saturated carbocycles. The van der Waals surface area contributed by atoms with E-state index in [-0.39, 0.29) is 5.56 Å². The van der Waals surface area contributed by atoms with Crippen molar-refractivity contribution in [2.24, 2.45) is 0 Å². The number of fused-ring (bicyclic) bond motifs is 1. The van der Waals surface area contributed by atoms with Crippen LogP contribution in [0.5, 0.6) is 5.75 Å². The molecule has 2 aromatic heterocycles. The van der Waals surface area contributed by atoms with Gasteiger partial charge in [0.2, 0.25) is 0 Å². The van der Waals surface area contributed by atoms with Crippen LogP contribution in [0.3, 0.4) is 0 Å². The zero-order valence-electron chi connectivity index (χ0n) is 18.5. The number of rotatable bonds is 6. The zero-order valence-corrected chi connectivity index (χ0v) is 19.3. The molecule has 4 aromatic rings. The van der Waals surface area contributed by atoms with Gasteiger partial charge in [-0.1, -0.05) is 24.3 Å². The summed E-state index contributed by atoms with van der Waals surface area (Å²) in [5.41, 5.74) is 3.05. The molecule has 0 spiro atoms. The maximum absolute atomic E-state index is 13.6. The molecule has 6 nitrogen and oxygen atoms in total. The Morgan fingerprint density at radius 2 is 1.88 bits per heavy atom. The van der Waals surface area contributed by atoms with Gasteiger partial charge < -0.3 is 9.47 Å². The van der Waals surface area contributed by atoms with Gasteiger partial charge in [0, 0.05) is 10.4 Å². The number of thiophene rings is 1. The van der Waals surface area contributed by atoms with Gasteiger partial charge in [-0.15, -0.1) is 11.3 Å². The lowest BCUT2D eigenvalue weighted by Gasteiger charge is -2.11. The van der Waals surface area contributed by atoms with Gasteiger partial charge in [-0.3, -0.25) is 9.36 Å². The lowest BCUT2D eigenvalue weighted by Crippen LogP contribution is -2.24. The molecule has 0 saturated heterocycles. The molecule has 0 aliphatic heterocycles. The van der Waals surface area contributed by atoms with E-state index < -0.39 is 5.97 Å². The Morgan fingerprint density at radius 3 is 2.56 bits per heavy atom. The first-order chi connectivity index (χ1) is 15.4. The molecular weight excluding hydrogens is 424 g/mol. The van der Waals surface area contributed by atoms with Crippen LogP contribution in [0.4, 0.5) is 0 Å². The van der Waals surface area contributed by atoms with Crippen LogP contribution in [0.25, 0.3) is 21.3 Å². The molecule has 2 aromatic carbocycles. The fourth-order valence-corrected chi connectivity index (χ4v) is 4.89. The predicted molar refractivity (Wildman–Crippen MR) is 127 cm³/mol. The van der Waals surface area contributed by atoms with Crippen LogP contribution in [0, 0.1) is 13.8 Å². The molecule has 164 valence electrons. The third-order valence-electron chi connectivity index (χ3n) is 5.32. The summed E-state index contributed by atoms with van der Waals surface area (Å²) in [6, 6.07) is 14.9. The van der Waals surface area contributed by atoms with Gasteiger partial charge in [-0.25, -0.2) is 9.78 Å². The summed E-state index contributed by atoms with van der Waals surface area (Å²) in [5, 5.41) is 0.617. The molecular formula is C25H24N2O4S. The summed E-state index contributed by atoms with van der Waals surface area (Å²) < 4.78 is 12.0. The summed E-state index contributed by atoms with van der Waals surface area (Å²) in [5.74, 6) is 1.02. The Kier molecular flexibility index (Phi) is 6.10. The highest BCUT2D eigenvalue weighted by molar-refractivity contribution is 7.19. The SMILES string of the molecule is CCOc1ccc(-c2c(C)sc3nc(C)n(Cc4cccc(C(=O)OC)c4)c(=O)c23)cc1. The van der Waals surface area contributed by atoms with Crippen molar-refractivity contribution in [2.45, 2.75) is 27.3 Å². The van der Waals surface area contributed by atoms with Crippen molar-refractivity contribution >= 4 is 27.5 Å². The van der Waals surface area contributed by atoms with E-state index in [1.54, 1.807) is 22.8 Å². The normalized spacial score (nSPS) is 11.0. The molecule has 0 fully saturated rings. The van der Waals surface area contributed by atoms with Crippen LogP contribution in [0.2, 0.25) is 0 Å². The standard InChI is InChI=1S/C25H24N2O4S/c1-5-31-20-11-9-18(10-12-20)21-15(2)32-23-22(21)24(28)27(16(3)26-23)14-17-7-6-8-19(13-17)25(29)30-4/h6-13H,5,14H2,1-4H3. The Bertz CT molecular complexity index is 1350. The number of aromatic nitrogens is 2. The average Bonchev–Trinajstić information content (AvgIpc) is 3.12. The van der Waals surface area contributed by atoms with Crippen LogP contribution in [0.15, 0.2) is 53.3 Å². The second kappa shape index (κ2) is 8.96. The molecule has 0 unspecified atom stereocenters. The fraction of sp³-hybridized carbons (Fsp3) is 0.240. The third-order valence-corrected chi connectivity index (χ3v) is 6.32. The largest absolute Gasteiger partial charge is 0.494 e. The molecule has 0 amide bonds. The average molecular weight is 449 g/mol. The maximum Gasteiger partial charge on any atom is 0.337 e. The topological polar surface area (TPSA) is 70.4 Å². The van der Waals surface area contributed by atoms with Gasteiger partial charge in [-0.05, 0) is 56.2 Å². The fourth-order valence-electron chi connectivity index (χ4n) is 3.81. The summed E-state index contributed by atoms with van der Waals surface area (Å²) in [7, 11) is 1.35. The minimum atomic E-state index is -0.407. The van der Waals surface area contributed by atoms with Crippen LogP contribution >= 0.6 is 11.3 Å². The second-order valence-electron chi connectivity index (χ2n) is 7.41. The monoisotopic (exact) mass is 448 g/mol. The highest BCUT2D eigenvalue weighted by Gasteiger charge is 2.19. The van der Waals surface area contributed by atoms with E-state index in [4.69, 9.17) is 14.5 Å². The summed E-state index contributed by atoms with van der Waals surface area (Å²) in [6.07, 6.45) is 0. The number of nitrogens with zero attached hydrogens (tertiary/aromatic N) is 2. The van der Waals surface area contributed by atoms with E-state index in [0.29, 0.717) is 29.9 Å². The third kappa shape index (κ3) is 4.03. The number of methoxy groups -OCH3 is 1. The Labute approximate surface area is 190 Å². The molecule has 0 bridgehead atoms. The number of carbonyl (C=O) groups is 1. The van der Waals surface area contributed by atoms with Gasteiger partial charge in [0.1, 0.15) is 16.4 Å². The molecule has 0 N–H and O–H groups in total. The summed E-state index contributed by atoms with van der Waals surface area (Å²) >= 11 is 1.52. The molecule has 4 rings (SSSR count). The van der Waals surface area contributed by atoms with E-state index in [9.17, 15) is 9.59 Å². The van der Waals surface area contributed by atoms with Crippen molar-refractivity contribution in [3.8, 4) is 16.9 Å². The van der Waals surface area contributed by atoms with Gasteiger partial charge in [0.25, 0.3) is 5.56 Å². The molecule has 32 heavy (non-hydrogen) atoms. The van der Waals surface area contributed by atoms with Crippen LogP contribution in [0.1, 0.15) is 33.5 Å². The predicted octanol–water partition coefficient (Wildman–Crippen LogP) is 4.98. The quantitative estimate of drug-likeness (QED) is 0.389. The number of hydrogen-bond donors (Lipinski definition) is 0. The lowest BCUT2D eigenvalue weighted by molar-refractivity contribution is 0.0600. The van der Waals surface area contributed by atoms with Crippen molar-refractivity contribution in [3.63, 3.8) is 0 Å². The Hall–Kier alpha value is -3.45. The molecule has 0 aliphatic carbocycles. The first-order valence-electron chi connectivity index (χ1n) is 10.3. The van der Waals surface area contributed by atoms with Gasteiger partial charge in [0.05, 0.1) is 31.2 Å². The molecule has 7 heteroatoms. The number of carbonyl (C=O) groups excluding carboxylic acids is 1. The van der Waals surface area contributed by atoms with E-state index >= 15 is 0 Å². The van der Waals surface area contributed by atoms with Crippen LogP contribution in [-0.4, -0.2) is 29.2 Å². The first kappa shape index (κ1) is 21.8. The van der Waals surface area contributed by atoms with Gasteiger partial charge >= 0.3 is 5.97 Å². The minimum absolute atomic E-state index is 0.0933. The van der Waals surface area contributed by atoms with Crippen molar-refractivity contribution in [1.82, 2.24) is 9.55 Å². The highest BCUT2D eigenvalue weighted by atomic mass is 32.1. The Balaban J connectivity index is 1.81. The zero-order chi connectivity index (χ0) is 22.8. The van der Waals surface area contributed by atoms with E-state index in [1.807, 2.05) is 51.1 Å².